The van der Waals surface area contributed by atoms with Crippen LogP contribution in [0.4, 0.5) is 4.79 Å². The Morgan fingerprint density at radius 2 is 1.88 bits per heavy atom. The molecule has 0 N–H and O–H groups in total. The lowest BCUT2D eigenvalue weighted by Gasteiger charge is -2.37. The SMILES string of the molecule is CC(C)(C)OC(=O)N1[C@@H]2C=C[C@H]1C[C@H](C#N)C2. The maximum absolute atomic E-state index is 12.1. The van der Waals surface area contributed by atoms with Crippen LogP contribution in [0.3, 0.4) is 0 Å². The summed E-state index contributed by atoms with van der Waals surface area (Å²) in [6.45, 7) is 5.59. The first-order chi connectivity index (χ1) is 7.90. The summed E-state index contributed by atoms with van der Waals surface area (Å²) in [5.41, 5.74) is -0.470. The Bertz CT molecular complexity index is 373. The van der Waals surface area contributed by atoms with Crippen molar-refractivity contribution in [3.63, 3.8) is 0 Å². The van der Waals surface area contributed by atoms with Gasteiger partial charge in [0.15, 0.2) is 0 Å². The Morgan fingerprint density at radius 3 is 2.29 bits per heavy atom. The van der Waals surface area contributed by atoms with Crippen molar-refractivity contribution in [2.24, 2.45) is 5.92 Å². The van der Waals surface area contributed by atoms with Crippen LogP contribution < -0.4 is 0 Å². The van der Waals surface area contributed by atoms with Gasteiger partial charge in [-0.15, -0.1) is 0 Å². The van der Waals surface area contributed by atoms with Crippen LogP contribution >= 0.6 is 0 Å². The van der Waals surface area contributed by atoms with Crippen molar-refractivity contribution in [3.8, 4) is 6.07 Å². The Morgan fingerprint density at radius 1 is 1.35 bits per heavy atom. The third kappa shape index (κ3) is 2.44. The van der Waals surface area contributed by atoms with E-state index in [1.807, 2.05) is 32.9 Å². The van der Waals surface area contributed by atoms with Crippen LogP contribution in [0, 0.1) is 17.2 Å². The van der Waals surface area contributed by atoms with Gasteiger partial charge in [-0.25, -0.2) is 4.79 Å². The van der Waals surface area contributed by atoms with Crippen molar-refractivity contribution in [3.05, 3.63) is 12.2 Å². The van der Waals surface area contributed by atoms with Gasteiger partial charge in [0.1, 0.15) is 5.60 Å². The maximum Gasteiger partial charge on any atom is 0.411 e. The summed E-state index contributed by atoms with van der Waals surface area (Å²) in [6, 6.07) is 2.36. The van der Waals surface area contributed by atoms with E-state index in [4.69, 9.17) is 10.00 Å². The number of ether oxygens (including phenoxy) is 1. The van der Waals surface area contributed by atoms with Crippen LogP contribution in [0.25, 0.3) is 0 Å². The van der Waals surface area contributed by atoms with Gasteiger partial charge in [-0.2, -0.15) is 5.26 Å². The van der Waals surface area contributed by atoms with Crippen molar-refractivity contribution in [2.75, 3.05) is 0 Å². The molecule has 1 saturated heterocycles. The fourth-order valence-corrected chi connectivity index (χ4v) is 2.44. The molecule has 0 spiro atoms. The fraction of sp³-hybridized carbons (Fsp3) is 0.692. The van der Waals surface area contributed by atoms with Gasteiger partial charge in [-0.3, -0.25) is 4.90 Å². The summed E-state index contributed by atoms with van der Waals surface area (Å²) in [4.78, 5) is 13.8. The molecule has 4 nitrogen and oxygen atoms in total. The smallest absolute Gasteiger partial charge is 0.411 e. The topological polar surface area (TPSA) is 53.3 Å². The molecule has 2 heterocycles. The van der Waals surface area contributed by atoms with E-state index in [9.17, 15) is 4.79 Å². The van der Waals surface area contributed by atoms with Crippen molar-refractivity contribution in [1.29, 1.82) is 5.26 Å². The lowest BCUT2D eigenvalue weighted by Crippen LogP contribution is -2.49. The first-order valence-corrected chi connectivity index (χ1v) is 6.00. The van der Waals surface area contributed by atoms with Crippen molar-refractivity contribution in [1.82, 2.24) is 4.90 Å². The first kappa shape index (κ1) is 12.0. The maximum atomic E-state index is 12.1. The molecule has 1 fully saturated rings. The Labute approximate surface area is 102 Å². The molecule has 2 aliphatic heterocycles. The van der Waals surface area contributed by atoms with Crippen LogP contribution in [0.5, 0.6) is 0 Å². The molecule has 0 aromatic carbocycles. The van der Waals surface area contributed by atoms with E-state index in [0.29, 0.717) is 0 Å². The molecular formula is C13H18N2O2. The lowest BCUT2D eigenvalue weighted by molar-refractivity contribution is 0.00789. The summed E-state index contributed by atoms with van der Waals surface area (Å²) < 4.78 is 5.39. The first-order valence-electron chi connectivity index (χ1n) is 6.00. The summed E-state index contributed by atoms with van der Waals surface area (Å²) >= 11 is 0. The number of hydrogen-bond donors (Lipinski definition) is 0. The second-order valence-electron chi connectivity index (χ2n) is 5.70. The van der Waals surface area contributed by atoms with Crippen molar-refractivity contribution < 1.29 is 9.53 Å². The number of carbonyl (C=O) groups excluding carboxylic acids is 1. The zero-order valence-electron chi connectivity index (χ0n) is 10.5. The summed E-state index contributed by atoms with van der Waals surface area (Å²) in [5.74, 6) is 0.0543. The number of nitrogens with zero attached hydrogens (tertiary/aromatic N) is 2. The van der Waals surface area contributed by atoms with Crippen LogP contribution in [-0.2, 0) is 4.74 Å². The molecule has 3 atom stereocenters. The Balaban J connectivity index is 2.06. The standard InChI is InChI=1S/C13H18N2O2/c1-13(2,3)17-12(16)15-10-4-5-11(15)7-9(6-10)8-14/h4-5,9-11H,6-7H2,1-3H3/t9-,10-,11+. The molecule has 0 radical (unpaired) electrons. The van der Waals surface area contributed by atoms with E-state index in [-0.39, 0.29) is 24.1 Å². The fourth-order valence-electron chi connectivity index (χ4n) is 2.44. The van der Waals surface area contributed by atoms with Gasteiger partial charge in [-0.1, -0.05) is 12.2 Å². The van der Waals surface area contributed by atoms with E-state index in [2.05, 4.69) is 6.07 Å². The lowest BCUT2D eigenvalue weighted by atomic mass is 9.91. The summed E-state index contributed by atoms with van der Waals surface area (Å²) in [5, 5.41) is 8.95. The summed E-state index contributed by atoms with van der Waals surface area (Å²) in [7, 11) is 0. The number of carbonyl (C=O) groups is 1. The second kappa shape index (κ2) is 4.06. The van der Waals surface area contributed by atoms with E-state index in [0.717, 1.165) is 12.8 Å². The molecule has 0 aromatic heterocycles. The second-order valence-corrected chi connectivity index (χ2v) is 5.70. The molecule has 0 aromatic rings. The summed E-state index contributed by atoms with van der Waals surface area (Å²) in [6.07, 6.45) is 5.22. The van der Waals surface area contributed by atoms with Crippen LogP contribution in [-0.4, -0.2) is 28.7 Å². The highest BCUT2D eigenvalue weighted by molar-refractivity contribution is 5.70. The zero-order valence-corrected chi connectivity index (χ0v) is 10.5. The molecule has 17 heavy (non-hydrogen) atoms. The van der Waals surface area contributed by atoms with E-state index in [1.54, 1.807) is 4.90 Å². The quantitative estimate of drug-likeness (QED) is 0.605. The van der Waals surface area contributed by atoms with Gasteiger partial charge in [0.05, 0.1) is 24.1 Å². The average molecular weight is 234 g/mol. The average Bonchev–Trinajstić information content (AvgIpc) is 2.47. The van der Waals surface area contributed by atoms with Crippen molar-refractivity contribution >= 4 is 6.09 Å². The van der Waals surface area contributed by atoms with Gasteiger partial charge in [-0.05, 0) is 33.6 Å². The molecule has 0 aliphatic carbocycles. The third-order valence-electron chi connectivity index (χ3n) is 3.11. The van der Waals surface area contributed by atoms with E-state index in [1.165, 1.54) is 0 Å². The number of rotatable bonds is 0. The minimum Gasteiger partial charge on any atom is -0.444 e. The normalized spacial score (nSPS) is 31.2. The molecule has 4 heteroatoms. The molecule has 0 unspecified atom stereocenters. The van der Waals surface area contributed by atoms with Crippen LogP contribution in [0.15, 0.2) is 12.2 Å². The molecule has 0 saturated carbocycles. The number of piperidine rings is 1. The highest BCUT2D eigenvalue weighted by Crippen LogP contribution is 2.34. The van der Waals surface area contributed by atoms with Gasteiger partial charge in [0, 0.05) is 0 Å². The zero-order chi connectivity index (χ0) is 12.6. The van der Waals surface area contributed by atoms with Gasteiger partial charge >= 0.3 is 6.09 Å². The molecular weight excluding hydrogens is 216 g/mol. The number of fused-ring (bicyclic) bond motifs is 2. The Kier molecular flexibility index (Phi) is 2.86. The number of nitriles is 1. The molecule has 1 amide bonds. The van der Waals surface area contributed by atoms with E-state index < -0.39 is 5.60 Å². The predicted molar refractivity (Wildman–Crippen MR) is 63.1 cm³/mol. The van der Waals surface area contributed by atoms with Gasteiger partial charge < -0.3 is 4.74 Å². The Hall–Kier alpha value is -1.50. The van der Waals surface area contributed by atoms with Crippen LogP contribution in [0.1, 0.15) is 33.6 Å². The van der Waals surface area contributed by atoms with Crippen LogP contribution in [0.2, 0.25) is 0 Å². The van der Waals surface area contributed by atoms with E-state index >= 15 is 0 Å². The number of amides is 1. The molecule has 92 valence electrons. The third-order valence-corrected chi connectivity index (χ3v) is 3.11. The van der Waals surface area contributed by atoms with Gasteiger partial charge in [0.25, 0.3) is 0 Å². The minimum atomic E-state index is -0.470. The molecule has 2 rings (SSSR count). The highest BCUT2D eigenvalue weighted by Gasteiger charge is 2.41. The minimum absolute atomic E-state index is 0.0354. The largest absolute Gasteiger partial charge is 0.444 e. The highest BCUT2D eigenvalue weighted by atomic mass is 16.6. The predicted octanol–water partition coefficient (Wildman–Crippen LogP) is 2.46. The van der Waals surface area contributed by atoms with Gasteiger partial charge in [0.2, 0.25) is 0 Å². The molecule has 2 aliphatic rings. The number of hydrogen-bond acceptors (Lipinski definition) is 3. The van der Waals surface area contributed by atoms with Crippen molar-refractivity contribution in [2.45, 2.75) is 51.3 Å². The molecule has 2 bridgehead atoms. The monoisotopic (exact) mass is 234 g/mol.